The van der Waals surface area contributed by atoms with E-state index in [-0.39, 0.29) is 0 Å². The molecule has 0 bridgehead atoms. The van der Waals surface area contributed by atoms with Crippen molar-refractivity contribution < 1.29 is 0 Å². The molecule has 0 nitrogen and oxygen atoms in total. The normalized spacial score (nSPS) is 39.2. The lowest BCUT2D eigenvalue weighted by Crippen LogP contribution is -2.54. The van der Waals surface area contributed by atoms with Gasteiger partial charge in [0.15, 0.2) is 0 Å². The van der Waals surface area contributed by atoms with Gasteiger partial charge in [0.2, 0.25) is 0 Å². The zero-order valence-corrected chi connectivity index (χ0v) is 9.71. The first-order valence-electron chi connectivity index (χ1n) is 6.65. The van der Waals surface area contributed by atoms with E-state index < -0.39 is 0 Å². The zero-order chi connectivity index (χ0) is 10.6. The van der Waals surface area contributed by atoms with Crippen molar-refractivity contribution in [1.29, 1.82) is 0 Å². The fourth-order valence-corrected chi connectivity index (χ4v) is 4.46. The minimum Gasteiger partial charge on any atom is -0.0802 e. The minimum atomic E-state index is 0.445. The molecule has 0 saturated heterocycles. The summed E-state index contributed by atoms with van der Waals surface area (Å²) in [6.07, 6.45) is 13.4. The summed E-state index contributed by atoms with van der Waals surface area (Å²) in [5.41, 5.74) is 4.27. The summed E-state index contributed by atoms with van der Waals surface area (Å²) in [5, 5.41) is 0. The van der Waals surface area contributed by atoms with Gasteiger partial charge in [-0.1, -0.05) is 49.3 Å². The monoisotopic (exact) mass is 210 g/mol. The van der Waals surface area contributed by atoms with Crippen molar-refractivity contribution >= 4 is 0 Å². The molecule has 0 radical (unpaired) electrons. The van der Waals surface area contributed by atoms with Gasteiger partial charge in [0.25, 0.3) is 0 Å². The molecule has 3 aliphatic rings. The third-order valence-electron chi connectivity index (χ3n) is 5.36. The van der Waals surface area contributed by atoms with Gasteiger partial charge < -0.3 is 0 Å². The van der Waals surface area contributed by atoms with Gasteiger partial charge in [0.05, 0.1) is 0 Å². The van der Waals surface area contributed by atoms with E-state index >= 15 is 0 Å². The molecule has 0 heterocycles. The second-order valence-corrected chi connectivity index (χ2v) is 5.83. The second kappa shape index (κ2) is 2.80. The summed E-state index contributed by atoms with van der Waals surface area (Å²) in [5.74, 6) is 0. The summed E-state index contributed by atoms with van der Waals surface area (Å²) in [4.78, 5) is 0. The highest BCUT2D eigenvalue weighted by atomic mass is 14.6. The number of allylic oxidation sites excluding steroid dienone is 2. The number of aryl methyl sites for hydroxylation is 1. The molecule has 3 aliphatic carbocycles. The van der Waals surface area contributed by atoms with Crippen LogP contribution in [0.25, 0.3) is 0 Å². The molecule has 0 N–H and O–H groups in total. The molecule has 1 aromatic rings. The number of fused-ring (bicyclic) bond motifs is 1. The molecule has 0 aliphatic heterocycles. The first kappa shape index (κ1) is 9.04. The van der Waals surface area contributed by atoms with Crippen LogP contribution in [0.5, 0.6) is 0 Å². The van der Waals surface area contributed by atoms with Crippen LogP contribution in [0.4, 0.5) is 0 Å². The minimum absolute atomic E-state index is 0.445. The molecule has 0 unspecified atom stereocenters. The average Bonchev–Trinajstić information content (AvgIpc) is 2.31. The van der Waals surface area contributed by atoms with Crippen molar-refractivity contribution in [2.24, 2.45) is 5.41 Å². The fraction of sp³-hybridized carbons (Fsp3) is 0.500. The van der Waals surface area contributed by atoms with Gasteiger partial charge in [-0.05, 0) is 36.8 Å². The van der Waals surface area contributed by atoms with Crippen molar-refractivity contribution in [3.8, 4) is 0 Å². The van der Waals surface area contributed by atoms with Crippen LogP contribution in [0.15, 0.2) is 36.4 Å². The maximum atomic E-state index is 2.53. The van der Waals surface area contributed by atoms with E-state index in [1.807, 2.05) is 0 Å². The van der Waals surface area contributed by atoms with Crippen molar-refractivity contribution in [3.63, 3.8) is 0 Å². The van der Waals surface area contributed by atoms with Crippen LogP contribution in [-0.4, -0.2) is 0 Å². The Bertz CT molecular complexity index is 471. The molecule has 0 spiro atoms. The topological polar surface area (TPSA) is 0 Å². The van der Waals surface area contributed by atoms with Crippen LogP contribution in [-0.2, 0) is 11.8 Å². The average molecular weight is 210 g/mol. The number of benzene rings is 1. The van der Waals surface area contributed by atoms with Gasteiger partial charge in [-0.15, -0.1) is 0 Å². The summed E-state index contributed by atoms with van der Waals surface area (Å²) in [7, 11) is 0. The first-order chi connectivity index (χ1) is 7.86. The lowest BCUT2D eigenvalue weighted by Gasteiger charge is -2.60. The summed E-state index contributed by atoms with van der Waals surface area (Å²) < 4.78 is 0. The third-order valence-corrected chi connectivity index (χ3v) is 5.36. The molecule has 0 heteroatoms. The molecular formula is C16H18. The SMILES string of the molecule is C1=C[C@]23CCCC[C@@]12CCc1ccccc13. The molecule has 0 aromatic heterocycles. The van der Waals surface area contributed by atoms with Gasteiger partial charge in [0, 0.05) is 10.8 Å². The van der Waals surface area contributed by atoms with Crippen LogP contribution in [0, 0.1) is 5.41 Å². The first-order valence-corrected chi connectivity index (χ1v) is 6.65. The van der Waals surface area contributed by atoms with E-state index in [2.05, 4.69) is 36.4 Å². The standard InChI is InChI=1S/C16H18/c1-2-6-14-13(5-1)7-10-15-8-3-4-9-16(14,15)12-11-15/h1-2,5-6,11-12H,3-4,7-10H2/t15-,16+/m1/s1. The Hall–Kier alpha value is -1.04. The van der Waals surface area contributed by atoms with E-state index in [9.17, 15) is 0 Å². The largest absolute Gasteiger partial charge is 0.0802 e. The van der Waals surface area contributed by atoms with E-state index in [0.717, 1.165) is 0 Å². The molecule has 1 fully saturated rings. The maximum Gasteiger partial charge on any atom is 0.0226 e. The Morgan fingerprint density at radius 3 is 2.62 bits per heavy atom. The van der Waals surface area contributed by atoms with Crippen LogP contribution < -0.4 is 0 Å². The van der Waals surface area contributed by atoms with Crippen LogP contribution in [0.2, 0.25) is 0 Å². The number of hydrogen-bond donors (Lipinski definition) is 0. The molecule has 82 valence electrons. The fourth-order valence-electron chi connectivity index (χ4n) is 4.46. The van der Waals surface area contributed by atoms with Crippen molar-refractivity contribution in [1.82, 2.24) is 0 Å². The van der Waals surface area contributed by atoms with E-state index in [1.54, 1.807) is 11.1 Å². The highest BCUT2D eigenvalue weighted by Gasteiger charge is 2.57. The van der Waals surface area contributed by atoms with Crippen LogP contribution in [0.3, 0.4) is 0 Å². The van der Waals surface area contributed by atoms with Crippen molar-refractivity contribution in [2.45, 2.75) is 43.9 Å². The van der Waals surface area contributed by atoms with Crippen LogP contribution in [0.1, 0.15) is 43.2 Å². The Labute approximate surface area is 97.4 Å². The summed E-state index contributed by atoms with van der Waals surface area (Å²) >= 11 is 0. The number of hydrogen-bond acceptors (Lipinski definition) is 0. The number of rotatable bonds is 0. The molecule has 0 amide bonds. The maximum absolute atomic E-state index is 2.53. The molecular weight excluding hydrogens is 192 g/mol. The summed E-state index contributed by atoms with van der Waals surface area (Å²) in [6, 6.07) is 9.16. The predicted molar refractivity (Wildman–Crippen MR) is 66.5 cm³/mol. The lowest BCUT2D eigenvalue weighted by atomic mass is 9.43. The van der Waals surface area contributed by atoms with Gasteiger partial charge >= 0.3 is 0 Å². The molecule has 2 atom stereocenters. The van der Waals surface area contributed by atoms with E-state index in [0.29, 0.717) is 10.8 Å². The molecule has 1 saturated carbocycles. The second-order valence-electron chi connectivity index (χ2n) is 5.83. The molecule has 1 aromatic carbocycles. The van der Waals surface area contributed by atoms with Crippen LogP contribution >= 0.6 is 0 Å². The highest BCUT2D eigenvalue weighted by Crippen LogP contribution is 2.64. The quantitative estimate of drug-likeness (QED) is 0.568. The predicted octanol–water partition coefficient (Wildman–Crippen LogP) is 4.00. The van der Waals surface area contributed by atoms with Gasteiger partial charge in [0.1, 0.15) is 0 Å². The Morgan fingerprint density at radius 1 is 0.875 bits per heavy atom. The highest BCUT2D eigenvalue weighted by molar-refractivity contribution is 5.51. The van der Waals surface area contributed by atoms with Gasteiger partial charge in [-0.3, -0.25) is 0 Å². The smallest absolute Gasteiger partial charge is 0.0226 e. The van der Waals surface area contributed by atoms with E-state index in [4.69, 9.17) is 0 Å². The molecule has 4 rings (SSSR count). The van der Waals surface area contributed by atoms with E-state index in [1.165, 1.54) is 38.5 Å². The summed E-state index contributed by atoms with van der Waals surface area (Å²) in [6.45, 7) is 0. The molecule has 16 heavy (non-hydrogen) atoms. The Morgan fingerprint density at radius 2 is 1.75 bits per heavy atom. The van der Waals surface area contributed by atoms with Crippen molar-refractivity contribution in [3.05, 3.63) is 47.5 Å². The van der Waals surface area contributed by atoms with Crippen molar-refractivity contribution in [2.75, 3.05) is 0 Å². The Balaban J connectivity index is 1.95. The third kappa shape index (κ3) is 0.841. The zero-order valence-electron chi connectivity index (χ0n) is 9.71. The Kier molecular flexibility index (Phi) is 1.58. The van der Waals surface area contributed by atoms with Gasteiger partial charge in [-0.2, -0.15) is 0 Å². The van der Waals surface area contributed by atoms with Gasteiger partial charge in [-0.25, -0.2) is 0 Å². The lowest BCUT2D eigenvalue weighted by molar-refractivity contribution is 0.0906.